The van der Waals surface area contributed by atoms with E-state index in [0.29, 0.717) is 40.1 Å². The van der Waals surface area contributed by atoms with Gasteiger partial charge in [0.1, 0.15) is 18.2 Å². The van der Waals surface area contributed by atoms with Crippen LogP contribution in [0.2, 0.25) is 5.02 Å². The summed E-state index contributed by atoms with van der Waals surface area (Å²) in [5, 5.41) is 11.2. The minimum atomic E-state index is 0.320. The van der Waals surface area contributed by atoms with Gasteiger partial charge in [0.2, 0.25) is 5.65 Å². The number of rotatable bonds is 5. The third-order valence-corrected chi connectivity index (χ3v) is 4.40. The first-order chi connectivity index (χ1) is 13.2. The molecule has 0 bridgehead atoms. The number of hydrogen-bond acceptors (Lipinski definition) is 6. The fourth-order valence-corrected chi connectivity index (χ4v) is 3.14. The fraction of sp³-hybridized carbons (Fsp3) is 0.105. The van der Waals surface area contributed by atoms with Gasteiger partial charge in [0.15, 0.2) is 11.3 Å². The second kappa shape index (κ2) is 7.13. The van der Waals surface area contributed by atoms with E-state index in [9.17, 15) is 0 Å². The van der Waals surface area contributed by atoms with E-state index in [1.165, 1.54) is 0 Å². The Balaban J connectivity index is 1.63. The number of nitrogens with one attached hydrogen (secondary N) is 1. The lowest BCUT2D eigenvalue weighted by molar-refractivity contribution is 0.309. The summed E-state index contributed by atoms with van der Waals surface area (Å²) >= 11 is 6.39. The zero-order valence-electron chi connectivity index (χ0n) is 14.4. The van der Waals surface area contributed by atoms with Crippen LogP contribution in [0.1, 0.15) is 5.56 Å². The van der Waals surface area contributed by atoms with Crippen LogP contribution >= 0.6 is 11.6 Å². The Morgan fingerprint density at radius 1 is 1.07 bits per heavy atom. The van der Waals surface area contributed by atoms with Crippen LogP contribution in [-0.2, 0) is 6.61 Å². The number of nitrogens with zero attached hydrogens (tertiary/aromatic N) is 3. The van der Waals surface area contributed by atoms with Crippen LogP contribution in [-0.4, -0.2) is 27.5 Å². The van der Waals surface area contributed by atoms with Gasteiger partial charge < -0.3 is 15.2 Å². The van der Waals surface area contributed by atoms with Crippen molar-refractivity contribution in [3.05, 3.63) is 59.1 Å². The van der Waals surface area contributed by atoms with Crippen LogP contribution in [0.3, 0.4) is 0 Å². The Morgan fingerprint density at radius 3 is 2.78 bits per heavy atom. The summed E-state index contributed by atoms with van der Waals surface area (Å²) in [4.78, 5) is 4.10. The van der Waals surface area contributed by atoms with Crippen molar-refractivity contribution in [3.8, 4) is 22.6 Å². The smallest absolute Gasteiger partial charge is 0.207 e. The molecule has 0 amide bonds. The van der Waals surface area contributed by atoms with Gasteiger partial charge in [-0.25, -0.2) is 4.98 Å². The Labute approximate surface area is 160 Å². The SMILES string of the molecule is COc1cccc(Cl)c1-c1cccc(COc2cc(N)nc3n[nH]nc23)c1. The molecule has 0 fully saturated rings. The van der Waals surface area contributed by atoms with Crippen molar-refractivity contribution >= 4 is 28.6 Å². The fourth-order valence-electron chi connectivity index (χ4n) is 2.87. The normalized spacial score (nSPS) is 10.9. The lowest BCUT2D eigenvalue weighted by Gasteiger charge is -2.12. The van der Waals surface area contributed by atoms with Gasteiger partial charge in [-0.2, -0.15) is 10.3 Å². The van der Waals surface area contributed by atoms with E-state index >= 15 is 0 Å². The zero-order valence-corrected chi connectivity index (χ0v) is 15.2. The molecule has 3 N–H and O–H groups in total. The van der Waals surface area contributed by atoms with Crippen molar-refractivity contribution in [1.82, 2.24) is 20.4 Å². The van der Waals surface area contributed by atoms with Crippen LogP contribution in [0.5, 0.6) is 11.5 Å². The second-order valence-corrected chi connectivity index (χ2v) is 6.25. The maximum Gasteiger partial charge on any atom is 0.207 e. The molecule has 0 saturated carbocycles. The molecule has 2 aromatic carbocycles. The van der Waals surface area contributed by atoms with E-state index in [-0.39, 0.29) is 0 Å². The highest BCUT2D eigenvalue weighted by Gasteiger charge is 2.12. The zero-order chi connectivity index (χ0) is 18.8. The van der Waals surface area contributed by atoms with Crippen molar-refractivity contribution in [2.24, 2.45) is 0 Å². The number of benzene rings is 2. The third kappa shape index (κ3) is 3.37. The minimum Gasteiger partial charge on any atom is -0.496 e. The highest BCUT2D eigenvalue weighted by molar-refractivity contribution is 6.33. The summed E-state index contributed by atoms with van der Waals surface area (Å²) in [5.74, 6) is 1.56. The van der Waals surface area contributed by atoms with Crippen molar-refractivity contribution in [2.45, 2.75) is 6.61 Å². The number of ether oxygens (including phenoxy) is 2. The molecule has 0 unspecified atom stereocenters. The molecule has 0 radical (unpaired) electrons. The molecule has 136 valence electrons. The Bertz CT molecular complexity index is 1110. The molecule has 0 aliphatic carbocycles. The Kier molecular flexibility index (Phi) is 4.52. The second-order valence-electron chi connectivity index (χ2n) is 5.85. The first-order valence-electron chi connectivity index (χ1n) is 8.17. The molecular weight excluding hydrogens is 366 g/mol. The van der Waals surface area contributed by atoms with Gasteiger partial charge in [-0.15, -0.1) is 5.10 Å². The summed E-state index contributed by atoms with van der Waals surface area (Å²) in [6.07, 6.45) is 0. The average molecular weight is 382 g/mol. The molecule has 27 heavy (non-hydrogen) atoms. The van der Waals surface area contributed by atoms with Gasteiger partial charge in [-0.3, -0.25) is 0 Å². The van der Waals surface area contributed by atoms with E-state index in [4.69, 9.17) is 26.8 Å². The predicted molar refractivity (Wildman–Crippen MR) is 104 cm³/mol. The van der Waals surface area contributed by atoms with Crippen LogP contribution in [0, 0.1) is 0 Å². The number of hydrogen-bond donors (Lipinski definition) is 2. The molecule has 0 saturated heterocycles. The number of nitrogens with two attached hydrogens (primary N) is 1. The maximum absolute atomic E-state index is 6.39. The lowest BCUT2D eigenvalue weighted by atomic mass is 10.0. The molecule has 0 atom stereocenters. The van der Waals surface area contributed by atoms with Crippen molar-refractivity contribution in [2.75, 3.05) is 12.8 Å². The number of aromatic amines is 1. The van der Waals surface area contributed by atoms with E-state index in [0.717, 1.165) is 16.7 Å². The molecule has 4 rings (SSSR count). The van der Waals surface area contributed by atoms with Gasteiger partial charge in [-0.1, -0.05) is 35.9 Å². The number of H-pyrrole nitrogens is 1. The molecule has 2 aromatic heterocycles. The predicted octanol–water partition coefficient (Wildman–Crippen LogP) is 3.84. The standard InChI is InChI=1S/C19H16ClN5O2/c1-26-14-7-3-6-13(20)17(14)12-5-2-4-11(8-12)10-27-15-9-16(21)22-19-18(15)23-25-24-19/h2-9H,10H2,1H3,(H3,21,22,23,24,25). The van der Waals surface area contributed by atoms with Gasteiger partial charge in [-0.05, 0) is 29.3 Å². The first kappa shape index (κ1) is 17.1. The van der Waals surface area contributed by atoms with E-state index in [1.807, 2.05) is 42.5 Å². The summed E-state index contributed by atoms with van der Waals surface area (Å²) in [5.41, 5.74) is 9.50. The highest BCUT2D eigenvalue weighted by Crippen LogP contribution is 2.36. The van der Waals surface area contributed by atoms with Crippen LogP contribution in [0.25, 0.3) is 22.3 Å². The maximum atomic E-state index is 6.39. The largest absolute Gasteiger partial charge is 0.496 e. The monoisotopic (exact) mass is 381 g/mol. The van der Waals surface area contributed by atoms with Gasteiger partial charge in [0, 0.05) is 11.6 Å². The molecule has 0 aliphatic rings. The molecule has 8 heteroatoms. The van der Waals surface area contributed by atoms with E-state index in [1.54, 1.807) is 13.2 Å². The lowest BCUT2D eigenvalue weighted by Crippen LogP contribution is -1.99. The minimum absolute atomic E-state index is 0.320. The number of pyridine rings is 1. The molecule has 7 nitrogen and oxygen atoms in total. The molecule has 4 aromatic rings. The topological polar surface area (TPSA) is 98.9 Å². The average Bonchev–Trinajstić information content (AvgIpc) is 3.14. The Morgan fingerprint density at radius 2 is 1.93 bits per heavy atom. The summed E-state index contributed by atoms with van der Waals surface area (Å²) in [6.45, 7) is 0.325. The number of halogens is 1. The van der Waals surface area contributed by atoms with Gasteiger partial charge in [0.05, 0.1) is 12.1 Å². The van der Waals surface area contributed by atoms with Crippen molar-refractivity contribution < 1.29 is 9.47 Å². The van der Waals surface area contributed by atoms with Gasteiger partial charge >= 0.3 is 0 Å². The van der Waals surface area contributed by atoms with Crippen molar-refractivity contribution in [3.63, 3.8) is 0 Å². The Hall–Kier alpha value is -3.32. The summed E-state index contributed by atoms with van der Waals surface area (Å²) in [6, 6.07) is 15.1. The number of nitrogen functional groups attached to an aromatic ring is 1. The number of fused-ring (bicyclic) bond motifs is 1. The van der Waals surface area contributed by atoms with E-state index in [2.05, 4.69) is 20.4 Å². The van der Waals surface area contributed by atoms with Crippen LogP contribution < -0.4 is 15.2 Å². The van der Waals surface area contributed by atoms with Crippen LogP contribution in [0.4, 0.5) is 5.82 Å². The summed E-state index contributed by atoms with van der Waals surface area (Å²) < 4.78 is 11.4. The molecule has 0 spiro atoms. The van der Waals surface area contributed by atoms with Crippen molar-refractivity contribution in [1.29, 1.82) is 0 Å². The molecule has 2 heterocycles. The van der Waals surface area contributed by atoms with E-state index < -0.39 is 0 Å². The number of anilines is 1. The first-order valence-corrected chi connectivity index (χ1v) is 8.55. The molecule has 0 aliphatic heterocycles. The van der Waals surface area contributed by atoms with Crippen LogP contribution in [0.15, 0.2) is 48.5 Å². The number of aromatic nitrogens is 4. The summed E-state index contributed by atoms with van der Waals surface area (Å²) in [7, 11) is 1.62. The molecular formula is C19H16ClN5O2. The third-order valence-electron chi connectivity index (χ3n) is 4.08. The highest BCUT2D eigenvalue weighted by atomic mass is 35.5. The quantitative estimate of drug-likeness (QED) is 0.545. The van der Waals surface area contributed by atoms with Gasteiger partial charge in [0.25, 0.3) is 0 Å². The number of methoxy groups -OCH3 is 1.